The van der Waals surface area contributed by atoms with Gasteiger partial charge in [-0.15, -0.1) is 0 Å². The van der Waals surface area contributed by atoms with Gasteiger partial charge in [-0.1, -0.05) is 0 Å². The first kappa shape index (κ1) is 17.0. The number of ether oxygens (including phenoxy) is 2. The number of anilines is 1. The van der Waals surface area contributed by atoms with Crippen LogP contribution in [-0.2, 0) is 9.47 Å². The molecule has 0 saturated carbocycles. The topological polar surface area (TPSA) is 77.4 Å². The summed E-state index contributed by atoms with van der Waals surface area (Å²) in [4.78, 5) is 15.9. The van der Waals surface area contributed by atoms with E-state index in [2.05, 4.69) is 15.6 Å². The molecule has 2 rings (SSSR count). The molecule has 0 aliphatic carbocycles. The molecule has 0 saturated heterocycles. The Kier molecular flexibility index (Phi) is 6.58. The molecule has 7 nitrogen and oxygen atoms in total. The Hall–Kier alpha value is -2.38. The van der Waals surface area contributed by atoms with E-state index in [0.29, 0.717) is 25.4 Å². The molecule has 0 radical (unpaired) electrons. The Morgan fingerprint density at radius 2 is 1.91 bits per heavy atom. The van der Waals surface area contributed by atoms with Gasteiger partial charge in [0, 0.05) is 37.0 Å². The largest absolute Gasteiger partial charge is 0.351 e. The summed E-state index contributed by atoms with van der Waals surface area (Å²) in [5.74, 6) is 0. The molecule has 0 spiro atoms. The second kappa shape index (κ2) is 8.92. The summed E-state index contributed by atoms with van der Waals surface area (Å²) >= 11 is 0. The third-order valence-electron chi connectivity index (χ3n) is 3.06. The highest BCUT2D eigenvalue weighted by molar-refractivity contribution is 5.89. The number of carbonyl (C=O) groups excluding carboxylic acids is 1. The molecule has 0 bridgehead atoms. The number of hydrogen-bond donors (Lipinski definition) is 2. The smallest absolute Gasteiger partial charge is 0.319 e. The molecule has 0 aliphatic heterocycles. The van der Waals surface area contributed by atoms with E-state index >= 15 is 0 Å². The summed E-state index contributed by atoms with van der Waals surface area (Å²) in [5.41, 5.74) is 1.68. The van der Waals surface area contributed by atoms with Crippen molar-refractivity contribution in [3.05, 3.63) is 43.0 Å². The molecule has 1 heterocycles. The van der Waals surface area contributed by atoms with E-state index in [1.807, 2.05) is 48.9 Å². The molecule has 2 amide bonds. The van der Waals surface area contributed by atoms with Crippen LogP contribution in [0.4, 0.5) is 10.5 Å². The number of nitrogens with one attached hydrogen (secondary N) is 2. The fourth-order valence-electron chi connectivity index (χ4n) is 2.02. The zero-order valence-electron chi connectivity index (χ0n) is 13.4. The van der Waals surface area contributed by atoms with Gasteiger partial charge in [0.25, 0.3) is 0 Å². The van der Waals surface area contributed by atoms with E-state index in [-0.39, 0.29) is 6.03 Å². The van der Waals surface area contributed by atoms with Gasteiger partial charge in [0.2, 0.25) is 0 Å². The number of benzene rings is 1. The molecule has 124 valence electrons. The standard InChI is InChI=1S/C16H22N4O3/c1-3-22-15(23-4-2)11-18-16(21)19-13-5-7-14(8-6-13)20-10-9-17-12-20/h5-10,12,15H,3-4,11H2,1-2H3,(H2,18,19,21). The summed E-state index contributed by atoms with van der Waals surface area (Å²) in [6.45, 7) is 5.12. The van der Waals surface area contributed by atoms with Gasteiger partial charge in [0.05, 0.1) is 12.9 Å². The molecule has 0 atom stereocenters. The maximum atomic E-state index is 11.9. The van der Waals surface area contributed by atoms with Gasteiger partial charge in [0.1, 0.15) is 0 Å². The second-order valence-corrected chi connectivity index (χ2v) is 4.69. The predicted octanol–water partition coefficient (Wildman–Crippen LogP) is 2.39. The van der Waals surface area contributed by atoms with E-state index in [4.69, 9.17) is 9.47 Å². The van der Waals surface area contributed by atoms with Gasteiger partial charge in [-0.2, -0.15) is 0 Å². The van der Waals surface area contributed by atoms with Crippen LogP contribution in [0.15, 0.2) is 43.0 Å². The molecular weight excluding hydrogens is 296 g/mol. The van der Waals surface area contributed by atoms with E-state index in [9.17, 15) is 4.79 Å². The van der Waals surface area contributed by atoms with Gasteiger partial charge < -0.3 is 24.7 Å². The Morgan fingerprint density at radius 3 is 2.48 bits per heavy atom. The average Bonchev–Trinajstić information content (AvgIpc) is 3.08. The van der Waals surface area contributed by atoms with Crippen molar-refractivity contribution in [2.45, 2.75) is 20.1 Å². The van der Waals surface area contributed by atoms with Crippen LogP contribution in [0.1, 0.15) is 13.8 Å². The second-order valence-electron chi connectivity index (χ2n) is 4.69. The highest BCUT2D eigenvalue weighted by atomic mass is 16.7. The van der Waals surface area contributed by atoms with Crippen molar-refractivity contribution >= 4 is 11.7 Å². The number of rotatable bonds is 8. The van der Waals surface area contributed by atoms with Crippen LogP contribution < -0.4 is 10.6 Å². The van der Waals surface area contributed by atoms with Crippen molar-refractivity contribution in [1.29, 1.82) is 0 Å². The van der Waals surface area contributed by atoms with E-state index in [1.165, 1.54) is 0 Å². The lowest BCUT2D eigenvalue weighted by Crippen LogP contribution is -2.37. The highest BCUT2D eigenvalue weighted by Gasteiger charge is 2.10. The first-order chi connectivity index (χ1) is 11.2. The number of urea groups is 1. The Balaban J connectivity index is 1.83. The van der Waals surface area contributed by atoms with E-state index < -0.39 is 6.29 Å². The van der Waals surface area contributed by atoms with Crippen LogP contribution in [0.3, 0.4) is 0 Å². The Morgan fingerprint density at radius 1 is 1.22 bits per heavy atom. The monoisotopic (exact) mass is 318 g/mol. The summed E-state index contributed by atoms with van der Waals surface area (Å²) in [6, 6.07) is 7.17. The zero-order valence-corrected chi connectivity index (χ0v) is 13.4. The van der Waals surface area contributed by atoms with Crippen molar-refractivity contribution in [2.75, 3.05) is 25.1 Å². The van der Waals surface area contributed by atoms with Crippen molar-refractivity contribution in [1.82, 2.24) is 14.9 Å². The predicted molar refractivity (Wildman–Crippen MR) is 87.6 cm³/mol. The zero-order chi connectivity index (χ0) is 16.5. The number of carbonyl (C=O) groups is 1. The summed E-state index contributed by atoms with van der Waals surface area (Å²) < 4.78 is 12.6. The molecule has 0 fully saturated rings. The van der Waals surface area contributed by atoms with Crippen LogP contribution in [0, 0.1) is 0 Å². The fraction of sp³-hybridized carbons (Fsp3) is 0.375. The summed E-state index contributed by atoms with van der Waals surface area (Å²) in [6.07, 6.45) is 4.86. The molecular formula is C16H22N4O3. The third-order valence-corrected chi connectivity index (χ3v) is 3.06. The Labute approximate surface area is 135 Å². The van der Waals surface area contributed by atoms with Crippen LogP contribution in [0.2, 0.25) is 0 Å². The Bertz CT molecular complexity index is 578. The van der Waals surface area contributed by atoms with Crippen LogP contribution >= 0.6 is 0 Å². The maximum absolute atomic E-state index is 11.9. The van der Waals surface area contributed by atoms with Gasteiger partial charge in [-0.3, -0.25) is 0 Å². The third kappa shape index (κ3) is 5.39. The summed E-state index contributed by atoms with van der Waals surface area (Å²) in [5, 5.41) is 5.50. The summed E-state index contributed by atoms with van der Waals surface area (Å²) in [7, 11) is 0. The minimum Gasteiger partial charge on any atom is -0.351 e. The molecule has 1 aromatic carbocycles. The minimum atomic E-state index is -0.431. The van der Waals surface area contributed by atoms with Crippen molar-refractivity contribution in [3.63, 3.8) is 0 Å². The SMILES string of the molecule is CCOC(CNC(=O)Nc1ccc(-n2ccnc2)cc1)OCC. The quantitative estimate of drug-likeness (QED) is 0.733. The molecule has 2 N–H and O–H groups in total. The van der Waals surface area contributed by atoms with Crippen molar-refractivity contribution in [3.8, 4) is 5.69 Å². The molecule has 2 aromatic rings. The molecule has 7 heteroatoms. The molecule has 23 heavy (non-hydrogen) atoms. The first-order valence-corrected chi connectivity index (χ1v) is 7.59. The van der Waals surface area contributed by atoms with Crippen LogP contribution in [0.25, 0.3) is 5.69 Å². The normalized spacial score (nSPS) is 10.7. The maximum Gasteiger partial charge on any atom is 0.319 e. The lowest BCUT2D eigenvalue weighted by molar-refractivity contribution is -0.131. The number of amides is 2. The van der Waals surface area contributed by atoms with Gasteiger partial charge in [0.15, 0.2) is 6.29 Å². The van der Waals surface area contributed by atoms with Crippen LogP contribution in [0.5, 0.6) is 0 Å². The lowest BCUT2D eigenvalue weighted by Gasteiger charge is -2.17. The van der Waals surface area contributed by atoms with Gasteiger partial charge in [-0.05, 0) is 38.1 Å². The van der Waals surface area contributed by atoms with E-state index in [0.717, 1.165) is 5.69 Å². The van der Waals surface area contributed by atoms with E-state index in [1.54, 1.807) is 12.5 Å². The number of hydrogen-bond acceptors (Lipinski definition) is 4. The molecule has 0 unspecified atom stereocenters. The first-order valence-electron chi connectivity index (χ1n) is 7.59. The number of nitrogens with zero attached hydrogens (tertiary/aromatic N) is 2. The minimum absolute atomic E-state index is 0.292. The van der Waals surface area contributed by atoms with Crippen molar-refractivity contribution in [2.24, 2.45) is 0 Å². The number of aromatic nitrogens is 2. The molecule has 0 aliphatic rings. The van der Waals surface area contributed by atoms with Gasteiger partial charge >= 0.3 is 6.03 Å². The molecule has 1 aromatic heterocycles. The highest BCUT2D eigenvalue weighted by Crippen LogP contribution is 2.12. The van der Waals surface area contributed by atoms with Crippen LogP contribution in [-0.4, -0.2) is 41.6 Å². The fourth-order valence-corrected chi connectivity index (χ4v) is 2.02. The number of imidazole rings is 1. The lowest BCUT2D eigenvalue weighted by atomic mass is 10.3. The van der Waals surface area contributed by atoms with Gasteiger partial charge in [-0.25, -0.2) is 9.78 Å². The average molecular weight is 318 g/mol. The van der Waals surface area contributed by atoms with Crippen molar-refractivity contribution < 1.29 is 14.3 Å².